The smallest absolute Gasteiger partial charge is 0.0973 e. The third-order valence-electron chi connectivity index (χ3n) is 5.94. The lowest BCUT2D eigenvalue weighted by atomic mass is 9.83. The van der Waals surface area contributed by atoms with Gasteiger partial charge in [0.25, 0.3) is 0 Å². The zero-order valence-electron chi connectivity index (χ0n) is 13.8. The van der Waals surface area contributed by atoms with Crippen LogP contribution in [0.4, 0.5) is 4.39 Å². The van der Waals surface area contributed by atoms with E-state index in [1.807, 2.05) is 0 Å². The van der Waals surface area contributed by atoms with Gasteiger partial charge in [0.05, 0.1) is 6.17 Å². The van der Waals surface area contributed by atoms with Crippen molar-refractivity contribution in [3.05, 3.63) is 0 Å². The molecule has 1 saturated heterocycles. The van der Waals surface area contributed by atoms with Gasteiger partial charge in [0.1, 0.15) is 0 Å². The summed E-state index contributed by atoms with van der Waals surface area (Å²) in [5.74, 6) is 2.07. The van der Waals surface area contributed by atoms with Gasteiger partial charge in [0, 0.05) is 13.6 Å². The second-order valence-electron chi connectivity index (χ2n) is 7.79. The maximum atomic E-state index is 12.8. The third kappa shape index (κ3) is 7.15. The van der Waals surface area contributed by atoms with Crippen molar-refractivity contribution in [1.82, 2.24) is 0 Å². The minimum Gasteiger partial charge on any atom is -0.248 e. The minimum atomic E-state index is -0.579. The van der Waals surface area contributed by atoms with E-state index in [0.717, 1.165) is 29.5 Å². The lowest BCUT2D eigenvalue weighted by molar-refractivity contribution is 0.304. The Morgan fingerprint density at radius 3 is 2.14 bits per heavy atom. The Bertz CT molecular complexity index is 268. The summed E-state index contributed by atoms with van der Waals surface area (Å²) < 4.78 is 12.8. The van der Waals surface area contributed by atoms with Gasteiger partial charge in [-0.3, -0.25) is 0 Å². The summed E-state index contributed by atoms with van der Waals surface area (Å²) in [6.45, 7) is 1.71. The van der Waals surface area contributed by atoms with Crippen molar-refractivity contribution in [2.45, 2.75) is 100 Å². The Morgan fingerprint density at radius 1 is 1.00 bits per heavy atom. The molecule has 0 nitrogen and oxygen atoms in total. The Morgan fingerprint density at radius 2 is 1.57 bits per heavy atom. The average molecular weight is 377 g/mol. The zero-order valence-corrected chi connectivity index (χ0v) is 16.6. The van der Waals surface area contributed by atoms with Crippen LogP contribution in [0.2, 0.25) is 18.1 Å². The molecule has 3 heteroatoms. The van der Waals surface area contributed by atoms with E-state index in [9.17, 15) is 4.39 Å². The molecule has 0 N–H and O–H groups in total. The first-order valence-corrected chi connectivity index (χ1v) is 12.8. The molecule has 0 spiro atoms. The molecule has 2 fully saturated rings. The number of rotatable bonds is 7. The van der Waals surface area contributed by atoms with E-state index in [-0.39, 0.29) is 0 Å². The predicted molar refractivity (Wildman–Crippen MR) is 98.0 cm³/mol. The topological polar surface area (TPSA) is 0 Å². The second kappa shape index (κ2) is 9.70. The van der Waals surface area contributed by atoms with E-state index in [4.69, 9.17) is 0 Å². The zero-order chi connectivity index (χ0) is 15.1. The molecule has 0 aromatic rings. The molecule has 2 rings (SSSR count). The number of halogens is 2. The van der Waals surface area contributed by atoms with Crippen molar-refractivity contribution in [1.29, 1.82) is 0 Å². The number of hydrogen-bond donors (Lipinski definition) is 0. The highest BCUT2D eigenvalue weighted by atomic mass is 79.9. The first-order chi connectivity index (χ1) is 10.1. The summed E-state index contributed by atoms with van der Waals surface area (Å²) in [6.07, 6.45) is 13.1. The fourth-order valence-electron chi connectivity index (χ4n) is 4.38. The molecule has 0 radical (unpaired) electrons. The molecule has 1 saturated carbocycles. The van der Waals surface area contributed by atoms with E-state index in [1.54, 1.807) is 19.0 Å². The van der Waals surface area contributed by atoms with E-state index in [1.165, 1.54) is 57.4 Å². The Labute approximate surface area is 141 Å². The van der Waals surface area contributed by atoms with Gasteiger partial charge in [-0.15, -0.1) is 0 Å². The Balaban J connectivity index is 1.52. The first-order valence-electron chi connectivity index (χ1n) is 9.41. The summed E-state index contributed by atoms with van der Waals surface area (Å²) in [7, 11) is -0.464. The van der Waals surface area contributed by atoms with Crippen LogP contribution in [-0.2, 0) is 0 Å². The number of alkyl halides is 2. The largest absolute Gasteiger partial charge is 0.248 e. The minimum absolute atomic E-state index is 0.464. The molecule has 1 aliphatic carbocycles. The number of hydrogen-bond acceptors (Lipinski definition) is 0. The van der Waals surface area contributed by atoms with Gasteiger partial charge in [0.2, 0.25) is 0 Å². The van der Waals surface area contributed by atoms with Crippen LogP contribution in [0.15, 0.2) is 0 Å². The molecule has 1 heterocycles. The van der Waals surface area contributed by atoms with Gasteiger partial charge in [-0.25, -0.2) is 4.39 Å². The monoisotopic (exact) mass is 376 g/mol. The maximum Gasteiger partial charge on any atom is 0.0973 e. The van der Waals surface area contributed by atoms with Crippen LogP contribution in [0.5, 0.6) is 0 Å². The molecule has 1 atom stereocenters. The van der Waals surface area contributed by atoms with Crippen molar-refractivity contribution in [2.75, 3.05) is 0 Å². The fourth-order valence-corrected chi connectivity index (χ4v) is 8.47. The molecule has 0 aromatic carbocycles. The van der Waals surface area contributed by atoms with Gasteiger partial charge in [-0.1, -0.05) is 66.2 Å². The van der Waals surface area contributed by atoms with Crippen LogP contribution in [0.1, 0.15) is 71.1 Å². The SMILES string of the molecule is CC(F)CCC[Si@H]1CC[C@H](CCC2CCC(Br)CC2)CC1. The fraction of sp³-hybridized carbons (Fsp3) is 1.00. The van der Waals surface area contributed by atoms with Gasteiger partial charge in [0.15, 0.2) is 0 Å². The molecule has 0 amide bonds. The van der Waals surface area contributed by atoms with Crippen LogP contribution >= 0.6 is 15.9 Å². The van der Waals surface area contributed by atoms with E-state index >= 15 is 0 Å². The molecule has 2 aliphatic rings. The van der Waals surface area contributed by atoms with Gasteiger partial charge in [-0.2, -0.15) is 0 Å². The Kier molecular flexibility index (Phi) is 8.30. The van der Waals surface area contributed by atoms with Crippen LogP contribution in [-0.4, -0.2) is 19.8 Å². The summed E-state index contributed by atoms with van der Waals surface area (Å²) >= 11 is 3.76. The van der Waals surface area contributed by atoms with Crippen molar-refractivity contribution in [3.63, 3.8) is 0 Å². The lowest BCUT2D eigenvalue weighted by Gasteiger charge is -2.30. The van der Waals surface area contributed by atoms with E-state index in [0.29, 0.717) is 0 Å². The maximum absolute atomic E-state index is 12.8. The molecule has 1 unspecified atom stereocenters. The van der Waals surface area contributed by atoms with Crippen LogP contribution in [0, 0.1) is 11.8 Å². The summed E-state index contributed by atoms with van der Waals surface area (Å²) in [5, 5.41) is 0. The van der Waals surface area contributed by atoms with Gasteiger partial charge < -0.3 is 0 Å². The van der Waals surface area contributed by atoms with Crippen LogP contribution < -0.4 is 0 Å². The van der Waals surface area contributed by atoms with E-state index < -0.39 is 15.0 Å². The third-order valence-corrected chi connectivity index (χ3v) is 10.4. The highest BCUT2D eigenvalue weighted by Crippen LogP contribution is 2.36. The van der Waals surface area contributed by atoms with Gasteiger partial charge in [-0.05, 0) is 50.9 Å². The van der Waals surface area contributed by atoms with Crippen molar-refractivity contribution >= 4 is 24.7 Å². The molecule has 21 heavy (non-hydrogen) atoms. The molecular weight excluding hydrogens is 343 g/mol. The highest BCUT2D eigenvalue weighted by Gasteiger charge is 2.24. The standard InChI is InChI=1S/C18H34BrFSi/c1-15(20)3-2-12-21-13-10-17(11-14-21)5-4-16-6-8-18(19)9-7-16/h15-18,21H,2-14H2,1H3/t15?,16?,17-,18?,21-. The predicted octanol–water partition coefficient (Wildman–Crippen LogP) is 6.50. The first kappa shape index (κ1) is 18.0. The van der Waals surface area contributed by atoms with Crippen LogP contribution in [0.25, 0.3) is 0 Å². The Hall–Kier alpha value is 0.627. The average Bonchev–Trinajstić information content (AvgIpc) is 2.48. The second-order valence-corrected chi connectivity index (χ2v) is 12.6. The van der Waals surface area contributed by atoms with Crippen molar-refractivity contribution in [3.8, 4) is 0 Å². The molecule has 0 bridgehead atoms. The molecule has 0 aromatic heterocycles. The van der Waals surface area contributed by atoms with E-state index in [2.05, 4.69) is 15.9 Å². The van der Waals surface area contributed by atoms with Gasteiger partial charge >= 0.3 is 0 Å². The molecular formula is C18H34BrFSi. The summed E-state index contributed by atoms with van der Waals surface area (Å²) in [4.78, 5) is 0.808. The molecule has 1 aliphatic heterocycles. The van der Waals surface area contributed by atoms with Crippen molar-refractivity contribution < 1.29 is 4.39 Å². The molecule has 124 valence electrons. The lowest BCUT2D eigenvalue weighted by Crippen LogP contribution is -2.22. The quantitative estimate of drug-likeness (QED) is 0.351. The summed E-state index contributed by atoms with van der Waals surface area (Å²) in [6, 6.07) is 4.52. The summed E-state index contributed by atoms with van der Waals surface area (Å²) in [5.41, 5.74) is 0. The van der Waals surface area contributed by atoms with Crippen molar-refractivity contribution in [2.24, 2.45) is 11.8 Å². The highest BCUT2D eigenvalue weighted by molar-refractivity contribution is 9.09. The normalized spacial score (nSPS) is 35.6. The van der Waals surface area contributed by atoms with Crippen LogP contribution in [0.3, 0.4) is 0 Å².